The average Bonchev–Trinajstić information content (AvgIpc) is 2.32. The van der Waals surface area contributed by atoms with Gasteiger partial charge in [-0.1, -0.05) is 0 Å². The highest BCUT2D eigenvalue weighted by Crippen LogP contribution is 2.29. The number of hydrogen-bond donors (Lipinski definition) is 2. The summed E-state index contributed by atoms with van der Waals surface area (Å²) in [6, 6.07) is 0.196. The highest BCUT2D eigenvalue weighted by Gasteiger charge is 2.28. The lowest BCUT2D eigenvalue weighted by Gasteiger charge is -2.39. The molecule has 6 heteroatoms. The van der Waals surface area contributed by atoms with Crippen LogP contribution in [0, 0.1) is 0 Å². The van der Waals surface area contributed by atoms with Crippen LogP contribution in [-0.2, 0) is 4.79 Å². The fourth-order valence-electron chi connectivity index (χ4n) is 2.21. The summed E-state index contributed by atoms with van der Waals surface area (Å²) < 4.78 is 0.255. The van der Waals surface area contributed by atoms with Gasteiger partial charge in [-0.3, -0.25) is 9.79 Å². The van der Waals surface area contributed by atoms with Crippen LogP contribution >= 0.6 is 11.8 Å². The summed E-state index contributed by atoms with van der Waals surface area (Å²) >= 11 is 2.00. The minimum Gasteiger partial charge on any atom is -0.356 e. The second-order valence-electron chi connectivity index (χ2n) is 5.98. The summed E-state index contributed by atoms with van der Waals surface area (Å²) in [7, 11) is 1.80. The number of aliphatic imine (C=N–C) groups is 1. The zero-order valence-electron chi connectivity index (χ0n) is 13.3. The minimum absolute atomic E-state index is 0.0810. The van der Waals surface area contributed by atoms with Crippen LogP contribution in [0.2, 0.25) is 0 Å². The molecular formula is C14H28N4OS. The molecule has 0 aromatic carbocycles. The predicted octanol–water partition coefficient (Wildman–Crippen LogP) is 1.30. The molecule has 1 rings (SSSR count). The van der Waals surface area contributed by atoms with Gasteiger partial charge in [0.2, 0.25) is 5.91 Å². The molecule has 1 saturated heterocycles. The molecule has 1 fully saturated rings. The second-order valence-corrected chi connectivity index (χ2v) is 7.78. The first-order valence-corrected chi connectivity index (χ1v) is 8.21. The van der Waals surface area contributed by atoms with Crippen molar-refractivity contribution in [3.05, 3.63) is 0 Å². The van der Waals surface area contributed by atoms with Crippen molar-refractivity contribution >= 4 is 23.6 Å². The van der Waals surface area contributed by atoms with Crippen LogP contribution < -0.4 is 10.6 Å². The summed E-state index contributed by atoms with van der Waals surface area (Å²) in [4.78, 5) is 18.2. The Morgan fingerprint density at radius 1 is 1.45 bits per heavy atom. The van der Waals surface area contributed by atoms with Gasteiger partial charge < -0.3 is 15.5 Å². The third kappa shape index (κ3) is 6.03. The van der Waals surface area contributed by atoms with Gasteiger partial charge in [-0.2, -0.15) is 11.8 Å². The molecule has 5 nitrogen and oxygen atoms in total. The van der Waals surface area contributed by atoms with E-state index < -0.39 is 0 Å². The fourth-order valence-corrected chi connectivity index (χ4v) is 3.32. The average molecular weight is 300 g/mol. The van der Waals surface area contributed by atoms with Crippen LogP contribution in [0.25, 0.3) is 0 Å². The smallest absolute Gasteiger partial charge is 0.221 e. The highest BCUT2D eigenvalue weighted by molar-refractivity contribution is 8.00. The third-order valence-electron chi connectivity index (χ3n) is 3.02. The zero-order chi connectivity index (χ0) is 15.2. The highest BCUT2D eigenvalue weighted by atomic mass is 32.2. The van der Waals surface area contributed by atoms with E-state index in [9.17, 15) is 4.79 Å². The Morgan fingerprint density at radius 2 is 2.15 bits per heavy atom. The normalized spacial score (nSPS) is 19.1. The van der Waals surface area contributed by atoms with Gasteiger partial charge >= 0.3 is 0 Å². The van der Waals surface area contributed by atoms with Gasteiger partial charge in [0.1, 0.15) is 0 Å². The molecule has 0 aromatic heterocycles. The lowest BCUT2D eigenvalue weighted by atomic mass is 10.2. The van der Waals surface area contributed by atoms with Crippen LogP contribution in [0.15, 0.2) is 4.99 Å². The second kappa shape index (κ2) is 7.76. The number of nitrogens with one attached hydrogen (secondary N) is 2. The molecule has 1 heterocycles. The SMILES string of the molecule is CN=C(NCCC(=O)NC(C)C)N1CCSC(C)(C)C1. The maximum Gasteiger partial charge on any atom is 0.221 e. The van der Waals surface area contributed by atoms with E-state index in [1.165, 1.54) is 0 Å². The molecule has 1 aliphatic heterocycles. The third-order valence-corrected chi connectivity index (χ3v) is 4.32. The molecule has 0 unspecified atom stereocenters. The molecular weight excluding hydrogens is 272 g/mol. The van der Waals surface area contributed by atoms with Gasteiger partial charge in [-0.25, -0.2) is 0 Å². The number of carbonyl (C=O) groups excluding carboxylic acids is 1. The molecule has 20 heavy (non-hydrogen) atoms. The number of guanidine groups is 1. The maximum absolute atomic E-state index is 11.6. The maximum atomic E-state index is 11.6. The molecule has 0 aromatic rings. The van der Waals surface area contributed by atoms with E-state index >= 15 is 0 Å². The van der Waals surface area contributed by atoms with Crippen LogP contribution in [0.5, 0.6) is 0 Å². The summed E-state index contributed by atoms with van der Waals surface area (Å²) in [5.74, 6) is 2.09. The molecule has 0 saturated carbocycles. The fraction of sp³-hybridized carbons (Fsp3) is 0.857. The summed E-state index contributed by atoms with van der Waals surface area (Å²) in [6.45, 7) is 11.1. The Kier molecular flexibility index (Phi) is 6.65. The van der Waals surface area contributed by atoms with E-state index in [2.05, 4.69) is 34.4 Å². The van der Waals surface area contributed by atoms with Crippen molar-refractivity contribution in [2.75, 3.05) is 32.4 Å². The van der Waals surface area contributed by atoms with Gasteiger partial charge in [-0.15, -0.1) is 0 Å². The van der Waals surface area contributed by atoms with Crippen LogP contribution in [0.4, 0.5) is 0 Å². The van der Waals surface area contributed by atoms with E-state index in [-0.39, 0.29) is 16.7 Å². The van der Waals surface area contributed by atoms with E-state index in [0.29, 0.717) is 13.0 Å². The first kappa shape index (κ1) is 17.1. The Labute approximate surface area is 127 Å². The molecule has 0 atom stereocenters. The van der Waals surface area contributed by atoms with Gasteiger partial charge in [0.25, 0.3) is 0 Å². The standard InChI is InChI=1S/C14H28N4OS/c1-11(2)17-12(19)6-7-16-13(15-5)18-8-9-20-14(3,4)10-18/h11H,6-10H2,1-5H3,(H,15,16)(H,17,19). The Hall–Kier alpha value is -0.910. The van der Waals surface area contributed by atoms with Crippen molar-refractivity contribution < 1.29 is 4.79 Å². The molecule has 0 spiro atoms. The van der Waals surface area contributed by atoms with Crippen LogP contribution in [0.1, 0.15) is 34.1 Å². The first-order valence-electron chi connectivity index (χ1n) is 7.23. The van der Waals surface area contributed by atoms with Gasteiger partial charge in [0, 0.05) is 49.6 Å². The number of thioether (sulfide) groups is 1. The largest absolute Gasteiger partial charge is 0.356 e. The monoisotopic (exact) mass is 300 g/mol. The Morgan fingerprint density at radius 3 is 2.70 bits per heavy atom. The molecule has 0 aliphatic carbocycles. The lowest BCUT2D eigenvalue weighted by Crippen LogP contribution is -2.51. The molecule has 116 valence electrons. The number of rotatable bonds is 4. The zero-order valence-corrected chi connectivity index (χ0v) is 14.1. The number of nitrogens with zero attached hydrogens (tertiary/aromatic N) is 2. The summed E-state index contributed by atoms with van der Waals surface area (Å²) in [5.41, 5.74) is 0. The lowest BCUT2D eigenvalue weighted by molar-refractivity contribution is -0.121. The first-order chi connectivity index (χ1) is 9.34. The van der Waals surface area contributed by atoms with Crippen molar-refractivity contribution in [3.8, 4) is 0 Å². The van der Waals surface area contributed by atoms with E-state index in [1.807, 2.05) is 25.6 Å². The van der Waals surface area contributed by atoms with Crippen molar-refractivity contribution in [1.82, 2.24) is 15.5 Å². The van der Waals surface area contributed by atoms with E-state index in [0.717, 1.165) is 24.8 Å². The van der Waals surface area contributed by atoms with Gasteiger partial charge in [0.05, 0.1) is 0 Å². The molecule has 0 radical (unpaired) electrons. The molecule has 2 N–H and O–H groups in total. The van der Waals surface area contributed by atoms with Crippen molar-refractivity contribution in [2.45, 2.75) is 44.9 Å². The van der Waals surface area contributed by atoms with Gasteiger partial charge in [0.15, 0.2) is 5.96 Å². The molecule has 0 bridgehead atoms. The van der Waals surface area contributed by atoms with Gasteiger partial charge in [-0.05, 0) is 27.7 Å². The quantitative estimate of drug-likeness (QED) is 0.607. The van der Waals surface area contributed by atoms with Crippen molar-refractivity contribution in [3.63, 3.8) is 0 Å². The topological polar surface area (TPSA) is 56.7 Å². The van der Waals surface area contributed by atoms with Crippen molar-refractivity contribution in [1.29, 1.82) is 0 Å². The van der Waals surface area contributed by atoms with Crippen LogP contribution in [0.3, 0.4) is 0 Å². The summed E-state index contributed by atoms with van der Waals surface area (Å²) in [6.07, 6.45) is 0.475. The summed E-state index contributed by atoms with van der Waals surface area (Å²) in [5, 5.41) is 6.18. The Balaban J connectivity index is 2.38. The minimum atomic E-state index is 0.0810. The predicted molar refractivity (Wildman–Crippen MR) is 87.4 cm³/mol. The van der Waals surface area contributed by atoms with Crippen LogP contribution in [-0.4, -0.2) is 60.0 Å². The number of amides is 1. The van der Waals surface area contributed by atoms with Crippen molar-refractivity contribution in [2.24, 2.45) is 4.99 Å². The molecule has 1 amide bonds. The van der Waals surface area contributed by atoms with E-state index in [1.54, 1.807) is 7.05 Å². The Bertz CT molecular complexity index is 355. The number of hydrogen-bond acceptors (Lipinski definition) is 3. The molecule has 1 aliphatic rings. The van der Waals surface area contributed by atoms with E-state index in [4.69, 9.17) is 0 Å². The number of carbonyl (C=O) groups is 1.